The summed E-state index contributed by atoms with van der Waals surface area (Å²) in [4.78, 5) is 17.3. The van der Waals surface area contributed by atoms with Gasteiger partial charge in [0.15, 0.2) is 0 Å². The van der Waals surface area contributed by atoms with Gasteiger partial charge in [-0.1, -0.05) is 0 Å². The minimum atomic E-state index is -0.548. The number of nitrogen functional groups attached to an aromatic ring is 1. The number of hydrogen-bond donors (Lipinski definition) is 3. The van der Waals surface area contributed by atoms with Crippen molar-refractivity contribution in [3.8, 4) is 0 Å². The Balaban J connectivity index is 2.73. The van der Waals surface area contributed by atoms with Crippen molar-refractivity contribution in [1.82, 2.24) is 9.88 Å². The third kappa shape index (κ3) is 3.60. The number of nitrogens with two attached hydrogens (primary N) is 2. The van der Waals surface area contributed by atoms with Crippen LogP contribution in [0.3, 0.4) is 0 Å². The van der Waals surface area contributed by atoms with Crippen molar-refractivity contribution in [2.45, 2.75) is 13.0 Å². The minimum Gasteiger partial charge on any atom is -0.397 e. The van der Waals surface area contributed by atoms with E-state index in [1.54, 1.807) is 6.07 Å². The molecule has 0 aliphatic heterocycles. The standard InChI is InChI=1S/C11H19N5O/c1-7(16(2)3)5-14-10-4-8(11(13)17)9(12)6-15-10/h4,6-7H,5,12H2,1-3H3,(H2,13,17)(H,14,15). The molecule has 1 rings (SSSR count). The lowest BCUT2D eigenvalue weighted by molar-refractivity contribution is 0.100. The summed E-state index contributed by atoms with van der Waals surface area (Å²) in [5.41, 5.74) is 11.4. The molecule has 0 bridgehead atoms. The molecule has 0 saturated carbocycles. The normalized spacial score (nSPS) is 12.5. The van der Waals surface area contributed by atoms with E-state index in [2.05, 4.69) is 22.1 Å². The van der Waals surface area contributed by atoms with Crippen LogP contribution in [0.2, 0.25) is 0 Å². The smallest absolute Gasteiger partial charge is 0.250 e. The van der Waals surface area contributed by atoms with Gasteiger partial charge in [0.1, 0.15) is 5.82 Å². The summed E-state index contributed by atoms with van der Waals surface area (Å²) < 4.78 is 0. The molecular weight excluding hydrogens is 218 g/mol. The number of pyridine rings is 1. The number of likely N-dealkylation sites (N-methyl/N-ethyl adjacent to an activating group) is 1. The number of anilines is 2. The van der Waals surface area contributed by atoms with Gasteiger partial charge in [0.05, 0.1) is 17.4 Å². The van der Waals surface area contributed by atoms with Crippen LogP contribution in [0, 0.1) is 0 Å². The Hall–Kier alpha value is -1.82. The number of primary amides is 1. The summed E-state index contributed by atoms with van der Waals surface area (Å²) in [6.07, 6.45) is 1.43. The van der Waals surface area contributed by atoms with Crippen molar-refractivity contribution in [2.24, 2.45) is 5.73 Å². The fourth-order valence-corrected chi connectivity index (χ4v) is 1.21. The van der Waals surface area contributed by atoms with Crippen LogP contribution in [-0.2, 0) is 0 Å². The predicted octanol–water partition coefficient (Wildman–Crippen LogP) is 0.125. The maximum atomic E-state index is 11.1. The highest BCUT2D eigenvalue weighted by atomic mass is 16.1. The van der Waals surface area contributed by atoms with E-state index in [0.717, 1.165) is 6.54 Å². The summed E-state index contributed by atoms with van der Waals surface area (Å²) in [6.45, 7) is 2.81. The molecule has 1 aromatic rings. The first-order chi connectivity index (χ1) is 7.91. The summed E-state index contributed by atoms with van der Waals surface area (Å²) in [7, 11) is 4.00. The first-order valence-corrected chi connectivity index (χ1v) is 5.37. The molecule has 17 heavy (non-hydrogen) atoms. The molecule has 0 fully saturated rings. The molecule has 1 atom stereocenters. The van der Waals surface area contributed by atoms with Gasteiger partial charge < -0.3 is 21.7 Å². The summed E-state index contributed by atoms with van der Waals surface area (Å²) >= 11 is 0. The second-order valence-electron chi connectivity index (χ2n) is 4.21. The van der Waals surface area contributed by atoms with E-state index in [1.165, 1.54) is 6.20 Å². The number of carbonyl (C=O) groups is 1. The van der Waals surface area contributed by atoms with E-state index >= 15 is 0 Å². The Morgan fingerprint density at radius 1 is 1.59 bits per heavy atom. The lowest BCUT2D eigenvalue weighted by Crippen LogP contribution is -2.31. The van der Waals surface area contributed by atoms with Crippen molar-refractivity contribution in [3.63, 3.8) is 0 Å². The number of nitrogens with zero attached hydrogens (tertiary/aromatic N) is 2. The number of carbonyl (C=O) groups excluding carboxylic acids is 1. The molecule has 0 aliphatic rings. The summed E-state index contributed by atoms with van der Waals surface area (Å²) in [6, 6.07) is 1.92. The molecule has 1 amide bonds. The van der Waals surface area contributed by atoms with E-state index in [0.29, 0.717) is 23.1 Å². The topological polar surface area (TPSA) is 97.3 Å². The predicted molar refractivity (Wildman–Crippen MR) is 68.8 cm³/mol. The molecule has 1 unspecified atom stereocenters. The van der Waals surface area contributed by atoms with Crippen LogP contribution >= 0.6 is 0 Å². The second kappa shape index (κ2) is 5.49. The highest BCUT2D eigenvalue weighted by molar-refractivity contribution is 5.98. The lowest BCUT2D eigenvalue weighted by Gasteiger charge is -2.20. The fourth-order valence-electron chi connectivity index (χ4n) is 1.21. The maximum absolute atomic E-state index is 11.1. The highest BCUT2D eigenvalue weighted by Crippen LogP contribution is 2.14. The van der Waals surface area contributed by atoms with Gasteiger partial charge in [0, 0.05) is 12.6 Å². The molecule has 0 radical (unpaired) electrons. The molecular formula is C11H19N5O. The Bertz CT molecular complexity index is 405. The van der Waals surface area contributed by atoms with Crippen LogP contribution in [0.1, 0.15) is 17.3 Å². The fraction of sp³-hybridized carbons (Fsp3) is 0.455. The number of hydrogen-bond acceptors (Lipinski definition) is 5. The van der Waals surface area contributed by atoms with Gasteiger partial charge in [-0.25, -0.2) is 4.98 Å². The minimum absolute atomic E-state index is 0.292. The van der Waals surface area contributed by atoms with Crippen LogP contribution in [0.15, 0.2) is 12.3 Å². The Morgan fingerprint density at radius 2 is 2.24 bits per heavy atom. The quantitative estimate of drug-likeness (QED) is 0.676. The van der Waals surface area contributed by atoms with Gasteiger partial charge in [-0.2, -0.15) is 0 Å². The molecule has 0 aromatic carbocycles. The van der Waals surface area contributed by atoms with Crippen LogP contribution in [0.5, 0.6) is 0 Å². The van der Waals surface area contributed by atoms with Gasteiger partial charge in [-0.05, 0) is 27.1 Å². The van der Waals surface area contributed by atoms with Gasteiger partial charge in [0.25, 0.3) is 5.91 Å². The monoisotopic (exact) mass is 237 g/mol. The lowest BCUT2D eigenvalue weighted by atomic mass is 10.2. The van der Waals surface area contributed by atoms with E-state index in [-0.39, 0.29) is 0 Å². The number of rotatable bonds is 5. The van der Waals surface area contributed by atoms with Crippen LogP contribution in [-0.4, -0.2) is 42.5 Å². The van der Waals surface area contributed by atoms with Gasteiger partial charge in [-0.3, -0.25) is 4.79 Å². The summed E-state index contributed by atoms with van der Waals surface area (Å²) in [5.74, 6) is 0.0512. The van der Waals surface area contributed by atoms with E-state index in [1.807, 2.05) is 14.1 Å². The molecule has 1 heterocycles. The van der Waals surface area contributed by atoms with Crippen LogP contribution in [0.4, 0.5) is 11.5 Å². The van der Waals surface area contributed by atoms with Gasteiger partial charge in [0.2, 0.25) is 0 Å². The third-order valence-corrected chi connectivity index (χ3v) is 2.66. The van der Waals surface area contributed by atoms with E-state index < -0.39 is 5.91 Å². The molecule has 6 heteroatoms. The Morgan fingerprint density at radius 3 is 2.76 bits per heavy atom. The Kier molecular flexibility index (Phi) is 4.28. The van der Waals surface area contributed by atoms with Crippen molar-refractivity contribution in [1.29, 1.82) is 0 Å². The largest absolute Gasteiger partial charge is 0.397 e. The molecule has 0 saturated heterocycles. The molecule has 94 valence electrons. The Labute approximate surface area is 101 Å². The average Bonchev–Trinajstić information content (AvgIpc) is 2.26. The second-order valence-corrected chi connectivity index (χ2v) is 4.21. The van der Waals surface area contributed by atoms with Crippen molar-refractivity contribution in [3.05, 3.63) is 17.8 Å². The van der Waals surface area contributed by atoms with E-state index in [9.17, 15) is 4.79 Å². The van der Waals surface area contributed by atoms with Crippen molar-refractivity contribution >= 4 is 17.4 Å². The zero-order valence-corrected chi connectivity index (χ0v) is 10.4. The number of amides is 1. The first-order valence-electron chi connectivity index (χ1n) is 5.37. The van der Waals surface area contributed by atoms with Crippen molar-refractivity contribution < 1.29 is 4.79 Å². The van der Waals surface area contributed by atoms with Gasteiger partial charge in [-0.15, -0.1) is 0 Å². The van der Waals surface area contributed by atoms with Crippen molar-refractivity contribution in [2.75, 3.05) is 31.7 Å². The van der Waals surface area contributed by atoms with Gasteiger partial charge >= 0.3 is 0 Å². The average molecular weight is 237 g/mol. The first kappa shape index (κ1) is 13.2. The molecule has 6 nitrogen and oxygen atoms in total. The van der Waals surface area contributed by atoms with Crippen LogP contribution in [0.25, 0.3) is 0 Å². The highest BCUT2D eigenvalue weighted by Gasteiger charge is 2.09. The maximum Gasteiger partial charge on any atom is 0.250 e. The molecule has 1 aromatic heterocycles. The summed E-state index contributed by atoms with van der Waals surface area (Å²) in [5, 5.41) is 3.13. The third-order valence-electron chi connectivity index (χ3n) is 2.66. The van der Waals surface area contributed by atoms with Crippen LogP contribution < -0.4 is 16.8 Å². The number of nitrogens with one attached hydrogen (secondary N) is 1. The zero-order chi connectivity index (χ0) is 13.0. The zero-order valence-electron chi connectivity index (χ0n) is 10.4. The molecule has 5 N–H and O–H groups in total. The molecule has 0 aliphatic carbocycles. The van der Waals surface area contributed by atoms with E-state index in [4.69, 9.17) is 11.5 Å². The SMILES string of the molecule is CC(CNc1cc(C(N)=O)c(N)cn1)N(C)C. The molecule has 0 spiro atoms. The number of aromatic nitrogens is 1.